The monoisotopic (exact) mass is 354 g/mol. The summed E-state index contributed by atoms with van der Waals surface area (Å²) in [5.74, 6) is 1.54. The molecular formula is C20H26N4O2. The Bertz CT molecular complexity index is 717. The third kappa shape index (κ3) is 7.25. The molecule has 0 atom stereocenters. The molecule has 0 heterocycles. The molecule has 3 N–H and O–H groups in total. The average molecular weight is 354 g/mol. The predicted molar refractivity (Wildman–Crippen MR) is 106 cm³/mol. The molecule has 0 bridgehead atoms. The van der Waals surface area contributed by atoms with E-state index in [1.165, 1.54) is 6.92 Å². The number of amides is 1. The van der Waals surface area contributed by atoms with Crippen LogP contribution in [0.3, 0.4) is 0 Å². The molecule has 0 unspecified atom stereocenters. The van der Waals surface area contributed by atoms with Crippen molar-refractivity contribution in [2.24, 2.45) is 4.99 Å². The van der Waals surface area contributed by atoms with E-state index in [1.54, 1.807) is 7.05 Å². The van der Waals surface area contributed by atoms with E-state index in [1.807, 2.05) is 54.6 Å². The van der Waals surface area contributed by atoms with Crippen LogP contribution in [0.4, 0.5) is 5.69 Å². The van der Waals surface area contributed by atoms with E-state index in [0.717, 1.165) is 35.9 Å². The molecule has 0 saturated carbocycles. The lowest BCUT2D eigenvalue weighted by molar-refractivity contribution is -0.114. The summed E-state index contributed by atoms with van der Waals surface area (Å²) in [4.78, 5) is 15.3. The van der Waals surface area contributed by atoms with Gasteiger partial charge in [0.05, 0.1) is 6.61 Å². The van der Waals surface area contributed by atoms with Crippen LogP contribution in [0.2, 0.25) is 0 Å². The standard InChI is InChI=1S/C20H26N4O2/c1-16(25)24-18-9-6-8-17(14-18)15-23-20(21-2)22-12-7-13-26-19-10-4-3-5-11-19/h3-6,8-11,14H,7,12-13,15H2,1-2H3,(H,24,25)(H2,21,22,23). The first kappa shape index (κ1) is 19.3. The first-order chi connectivity index (χ1) is 12.7. The van der Waals surface area contributed by atoms with Crippen molar-refractivity contribution in [3.63, 3.8) is 0 Å². The third-order valence-electron chi connectivity index (χ3n) is 3.56. The van der Waals surface area contributed by atoms with Crippen molar-refractivity contribution < 1.29 is 9.53 Å². The number of carbonyl (C=O) groups excluding carboxylic acids is 1. The number of nitrogens with zero attached hydrogens (tertiary/aromatic N) is 1. The van der Waals surface area contributed by atoms with Crippen LogP contribution in [0, 0.1) is 0 Å². The number of hydrogen-bond acceptors (Lipinski definition) is 3. The highest BCUT2D eigenvalue weighted by Crippen LogP contribution is 2.10. The lowest BCUT2D eigenvalue weighted by Gasteiger charge is -2.13. The minimum Gasteiger partial charge on any atom is -0.494 e. The molecule has 0 aliphatic rings. The first-order valence-corrected chi connectivity index (χ1v) is 8.66. The maximum absolute atomic E-state index is 11.1. The zero-order valence-electron chi connectivity index (χ0n) is 15.3. The maximum atomic E-state index is 11.1. The number of benzene rings is 2. The second kappa shape index (κ2) is 10.8. The van der Waals surface area contributed by atoms with E-state index in [0.29, 0.717) is 13.2 Å². The van der Waals surface area contributed by atoms with E-state index >= 15 is 0 Å². The largest absolute Gasteiger partial charge is 0.494 e. The average Bonchev–Trinajstić information content (AvgIpc) is 2.64. The normalized spacial score (nSPS) is 10.9. The van der Waals surface area contributed by atoms with Crippen LogP contribution in [-0.2, 0) is 11.3 Å². The van der Waals surface area contributed by atoms with Crippen molar-refractivity contribution in [3.05, 3.63) is 60.2 Å². The van der Waals surface area contributed by atoms with Crippen LogP contribution >= 0.6 is 0 Å². The zero-order chi connectivity index (χ0) is 18.6. The summed E-state index contributed by atoms with van der Waals surface area (Å²) < 4.78 is 5.66. The molecule has 1 amide bonds. The number of hydrogen-bond donors (Lipinski definition) is 3. The molecule has 0 saturated heterocycles. The highest BCUT2D eigenvalue weighted by molar-refractivity contribution is 5.88. The number of guanidine groups is 1. The lowest BCUT2D eigenvalue weighted by atomic mass is 10.2. The maximum Gasteiger partial charge on any atom is 0.221 e. The molecule has 2 aromatic rings. The van der Waals surface area contributed by atoms with Crippen molar-refractivity contribution in [2.45, 2.75) is 19.9 Å². The van der Waals surface area contributed by atoms with Crippen molar-refractivity contribution in [2.75, 3.05) is 25.5 Å². The molecule has 0 aliphatic carbocycles. The van der Waals surface area contributed by atoms with Crippen molar-refractivity contribution in [3.8, 4) is 5.75 Å². The van der Waals surface area contributed by atoms with Gasteiger partial charge >= 0.3 is 0 Å². The van der Waals surface area contributed by atoms with Crippen LogP contribution in [0.1, 0.15) is 18.9 Å². The van der Waals surface area contributed by atoms with Crippen LogP contribution < -0.4 is 20.7 Å². The van der Waals surface area contributed by atoms with Gasteiger partial charge < -0.3 is 20.7 Å². The second-order valence-electron chi connectivity index (χ2n) is 5.75. The Balaban J connectivity index is 1.68. The Kier molecular flexibility index (Phi) is 7.99. The van der Waals surface area contributed by atoms with Gasteiger partial charge in [0.2, 0.25) is 5.91 Å². The quantitative estimate of drug-likeness (QED) is 0.387. The van der Waals surface area contributed by atoms with E-state index < -0.39 is 0 Å². The molecule has 6 nitrogen and oxygen atoms in total. The summed E-state index contributed by atoms with van der Waals surface area (Å²) in [6, 6.07) is 17.5. The number of carbonyl (C=O) groups is 1. The van der Waals surface area contributed by atoms with Gasteiger partial charge in [0.1, 0.15) is 5.75 Å². The van der Waals surface area contributed by atoms with E-state index in [-0.39, 0.29) is 5.91 Å². The molecule has 6 heteroatoms. The SMILES string of the molecule is CN=C(NCCCOc1ccccc1)NCc1cccc(NC(C)=O)c1. The minimum absolute atomic E-state index is 0.0784. The zero-order valence-corrected chi connectivity index (χ0v) is 15.3. The Morgan fingerprint density at radius 3 is 2.62 bits per heavy atom. The Morgan fingerprint density at radius 1 is 1.08 bits per heavy atom. The summed E-state index contributed by atoms with van der Waals surface area (Å²) >= 11 is 0. The van der Waals surface area contributed by atoms with Gasteiger partial charge in [-0.3, -0.25) is 9.79 Å². The van der Waals surface area contributed by atoms with Gasteiger partial charge in [-0.1, -0.05) is 30.3 Å². The number of anilines is 1. The van der Waals surface area contributed by atoms with Gasteiger partial charge in [0, 0.05) is 32.7 Å². The summed E-state index contributed by atoms with van der Waals surface area (Å²) in [5.41, 5.74) is 1.85. The van der Waals surface area contributed by atoms with Gasteiger partial charge in [-0.2, -0.15) is 0 Å². The van der Waals surface area contributed by atoms with Crippen LogP contribution in [-0.4, -0.2) is 32.1 Å². The Labute approximate surface area is 154 Å². The summed E-state index contributed by atoms with van der Waals surface area (Å²) in [6.45, 7) is 3.52. The second-order valence-corrected chi connectivity index (χ2v) is 5.75. The molecule has 0 radical (unpaired) electrons. The fraction of sp³-hybridized carbons (Fsp3) is 0.300. The molecule has 0 aliphatic heterocycles. The van der Waals surface area contributed by atoms with Crippen LogP contribution in [0.15, 0.2) is 59.6 Å². The first-order valence-electron chi connectivity index (χ1n) is 8.66. The molecular weight excluding hydrogens is 328 g/mol. The minimum atomic E-state index is -0.0784. The van der Waals surface area contributed by atoms with Gasteiger partial charge in [-0.05, 0) is 36.2 Å². The topological polar surface area (TPSA) is 74.8 Å². The number of para-hydroxylation sites is 1. The summed E-state index contributed by atoms with van der Waals surface area (Å²) in [5, 5.41) is 9.30. The van der Waals surface area contributed by atoms with Crippen molar-refractivity contribution in [1.29, 1.82) is 0 Å². The molecule has 2 aromatic carbocycles. The highest BCUT2D eigenvalue weighted by atomic mass is 16.5. The summed E-state index contributed by atoms with van der Waals surface area (Å²) in [6.07, 6.45) is 0.869. The van der Waals surface area contributed by atoms with Gasteiger partial charge in [0.25, 0.3) is 0 Å². The molecule has 138 valence electrons. The highest BCUT2D eigenvalue weighted by Gasteiger charge is 2.01. The van der Waals surface area contributed by atoms with E-state index in [2.05, 4.69) is 20.9 Å². The number of nitrogens with one attached hydrogen (secondary N) is 3. The van der Waals surface area contributed by atoms with E-state index in [4.69, 9.17) is 4.74 Å². The number of rotatable bonds is 8. The smallest absolute Gasteiger partial charge is 0.221 e. The van der Waals surface area contributed by atoms with Gasteiger partial charge in [-0.25, -0.2) is 0 Å². The molecule has 0 spiro atoms. The number of aliphatic imine (C=N–C) groups is 1. The predicted octanol–water partition coefficient (Wildman–Crippen LogP) is 2.78. The number of ether oxygens (including phenoxy) is 1. The molecule has 26 heavy (non-hydrogen) atoms. The van der Waals surface area contributed by atoms with Gasteiger partial charge in [0.15, 0.2) is 5.96 Å². The van der Waals surface area contributed by atoms with Crippen LogP contribution in [0.5, 0.6) is 5.75 Å². The summed E-state index contributed by atoms with van der Waals surface area (Å²) in [7, 11) is 1.74. The lowest BCUT2D eigenvalue weighted by Crippen LogP contribution is -2.37. The fourth-order valence-electron chi connectivity index (χ4n) is 2.35. The van der Waals surface area contributed by atoms with Gasteiger partial charge in [-0.15, -0.1) is 0 Å². The Hall–Kier alpha value is -3.02. The molecule has 0 aromatic heterocycles. The molecule has 2 rings (SSSR count). The Morgan fingerprint density at radius 2 is 1.88 bits per heavy atom. The van der Waals surface area contributed by atoms with E-state index in [9.17, 15) is 4.79 Å². The van der Waals surface area contributed by atoms with Crippen molar-refractivity contribution in [1.82, 2.24) is 10.6 Å². The fourth-order valence-corrected chi connectivity index (χ4v) is 2.35. The molecule has 0 fully saturated rings. The van der Waals surface area contributed by atoms with Crippen molar-refractivity contribution >= 4 is 17.6 Å². The third-order valence-corrected chi connectivity index (χ3v) is 3.56. The van der Waals surface area contributed by atoms with Crippen LogP contribution in [0.25, 0.3) is 0 Å².